The molecular weight excluding hydrogens is 210 g/mol. The molecule has 0 aliphatic heterocycles. The molecule has 8 nitrogen and oxygen atoms in total. The van der Waals surface area contributed by atoms with Crippen LogP contribution in [0.1, 0.15) is 0 Å². The van der Waals surface area contributed by atoms with E-state index in [1.807, 2.05) is 0 Å². The highest BCUT2D eigenvalue weighted by atomic mass is 16.5. The third-order valence-electron chi connectivity index (χ3n) is 1.98. The summed E-state index contributed by atoms with van der Waals surface area (Å²) in [6, 6.07) is 1.76. The van der Waals surface area contributed by atoms with Crippen molar-refractivity contribution in [3.63, 3.8) is 0 Å². The van der Waals surface area contributed by atoms with E-state index in [0.29, 0.717) is 17.1 Å². The van der Waals surface area contributed by atoms with Crippen LogP contribution >= 0.6 is 0 Å². The fourth-order valence-corrected chi connectivity index (χ4v) is 1.30. The molecule has 8 heteroatoms. The first-order valence-electron chi connectivity index (χ1n) is 4.33. The number of nitrogens with zero attached hydrogens (tertiary/aromatic N) is 6. The normalized spacial score (nSPS) is 10.5. The average Bonchev–Trinajstić information content (AvgIpc) is 3.03. The van der Waals surface area contributed by atoms with Crippen LogP contribution in [-0.2, 0) is 0 Å². The van der Waals surface area contributed by atoms with Crippen LogP contribution in [0.2, 0.25) is 0 Å². The molecular formula is C8H4N7O. The highest BCUT2D eigenvalue weighted by Gasteiger charge is 2.13. The molecule has 0 unspecified atom stereocenters. The average molecular weight is 214 g/mol. The topological polar surface area (TPSA) is 106 Å². The summed E-state index contributed by atoms with van der Waals surface area (Å²) >= 11 is 0. The Labute approximate surface area is 88.7 Å². The van der Waals surface area contributed by atoms with E-state index in [-0.39, 0.29) is 0 Å². The van der Waals surface area contributed by atoms with Gasteiger partial charge in [0.15, 0.2) is 12.1 Å². The Kier molecular flexibility index (Phi) is 1.89. The van der Waals surface area contributed by atoms with Crippen molar-refractivity contribution in [1.29, 1.82) is 0 Å². The molecule has 0 spiro atoms. The van der Waals surface area contributed by atoms with Gasteiger partial charge in [0, 0.05) is 17.0 Å². The maximum atomic E-state index is 4.68. The maximum absolute atomic E-state index is 4.68. The predicted octanol–water partition coefficient (Wildman–Crippen LogP) is 0.112. The van der Waals surface area contributed by atoms with Gasteiger partial charge in [-0.3, -0.25) is 4.98 Å². The van der Waals surface area contributed by atoms with E-state index in [4.69, 9.17) is 0 Å². The molecule has 0 bridgehead atoms. The summed E-state index contributed by atoms with van der Waals surface area (Å²) < 4.78 is 4.68. The second kappa shape index (κ2) is 3.50. The van der Waals surface area contributed by atoms with Crippen molar-refractivity contribution in [1.82, 2.24) is 36.0 Å². The third-order valence-corrected chi connectivity index (χ3v) is 1.98. The van der Waals surface area contributed by atoms with Crippen LogP contribution in [0, 0.1) is 6.20 Å². The minimum atomic E-state index is 0.464. The number of tetrazole rings is 1. The molecule has 0 aliphatic carbocycles. The lowest BCUT2D eigenvalue weighted by molar-refractivity contribution is 0.393. The highest BCUT2D eigenvalue weighted by Crippen LogP contribution is 2.26. The fourth-order valence-electron chi connectivity index (χ4n) is 1.30. The van der Waals surface area contributed by atoms with Crippen LogP contribution in [0.15, 0.2) is 23.0 Å². The Balaban J connectivity index is 2.19. The van der Waals surface area contributed by atoms with E-state index >= 15 is 0 Å². The number of aromatic nitrogens is 7. The molecule has 77 valence electrons. The quantitative estimate of drug-likeness (QED) is 0.645. The lowest BCUT2D eigenvalue weighted by Crippen LogP contribution is -1.89. The molecule has 0 aromatic carbocycles. The predicted molar refractivity (Wildman–Crippen MR) is 49.5 cm³/mol. The van der Waals surface area contributed by atoms with Gasteiger partial charge in [-0.25, -0.2) is 5.10 Å². The van der Waals surface area contributed by atoms with Crippen LogP contribution < -0.4 is 0 Å². The number of pyridine rings is 1. The zero-order chi connectivity index (χ0) is 10.8. The number of hydrogen-bond donors (Lipinski definition) is 1. The van der Waals surface area contributed by atoms with Gasteiger partial charge in [-0.05, 0) is 16.5 Å². The largest absolute Gasteiger partial charge is 0.345 e. The first kappa shape index (κ1) is 8.65. The summed E-state index contributed by atoms with van der Waals surface area (Å²) in [5.41, 5.74) is 1.93. The van der Waals surface area contributed by atoms with E-state index in [9.17, 15) is 0 Å². The number of rotatable bonds is 2. The van der Waals surface area contributed by atoms with Crippen LogP contribution in [-0.4, -0.2) is 36.0 Å². The molecule has 0 atom stereocenters. The van der Waals surface area contributed by atoms with E-state index in [0.717, 1.165) is 5.56 Å². The monoisotopic (exact) mass is 214 g/mol. The summed E-state index contributed by atoms with van der Waals surface area (Å²) in [5, 5.41) is 20.6. The van der Waals surface area contributed by atoms with Crippen molar-refractivity contribution < 1.29 is 4.52 Å². The summed E-state index contributed by atoms with van der Waals surface area (Å²) in [6.45, 7) is 0. The van der Waals surface area contributed by atoms with Crippen LogP contribution in [0.4, 0.5) is 0 Å². The standard InChI is InChI=1S/C8H4N7O/c1-2-9-3-6(8-11-13-14-12-8)5(1)7-4-16-15-10-7/h1-2,4H,(H,11,12,13,14). The molecule has 0 aliphatic rings. The van der Waals surface area contributed by atoms with Crippen molar-refractivity contribution in [3.05, 3.63) is 24.7 Å². The molecule has 1 radical (unpaired) electrons. The molecule has 0 saturated heterocycles. The molecule has 3 rings (SSSR count). The lowest BCUT2D eigenvalue weighted by Gasteiger charge is -1.99. The van der Waals surface area contributed by atoms with E-state index in [1.165, 1.54) is 6.26 Å². The van der Waals surface area contributed by atoms with Gasteiger partial charge in [0.25, 0.3) is 0 Å². The van der Waals surface area contributed by atoms with Gasteiger partial charge in [-0.15, -0.1) is 10.2 Å². The molecule has 0 fully saturated rings. The summed E-state index contributed by atoms with van der Waals surface area (Å²) in [7, 11) is 0. The number of hydrogen-bond acceptors (Lipinski definition) is 7. The van der Waals surface area contributed by atoms with Crippen molar-refractivity contribution in [3.8, 4) is 22.6 Å². The Hall–Kier alpha value is -2.64. The summed E-state index contributed by atoms with van der Waals surface area (Å²) in [4.78, 5) is 3.89. The fraction of sp³-hybridized carbons (Fsp3) is 0. The molecule has 3 aromatic rings. The van der Waals surface area contributed by atoms with Crippen molar-refractivity contribution in [2.45, 2.75) is 0 Å². The molecule has 3 aromatic heterocycles. The SMILES string of the molecule is [c]1nccc(-c2conn2)c1-c1nnn[nH]1. The summed E-state index contributed by atoms with van der Waals surface area (Å²) in [6.07, 6.45) is 5.82. The van der Waals surface area contributed by atoms with E-state index in [1.54, 1.807) is 12.3 Å². The minimum absolute atomic E-state index is 0.464. The van der Waals surface area contributed by atoms with Crippen LogP contribution in [0.5, 0.6) is 0 Å². The second-order valence-corrected chi connectivity index (χ2v) is 2.89. The Morgan fingerprint density at radius 1 is 1.31 bits per heavy atom. The highest BCUT2D eigenvalue weighted by molar-refractivity contribution is 5.76. The van der Waals surface area contributed by atoms with Crippen molar-refractivity contribution in [2.24, 2.45) is 0 Å². The zero-order valence-electron chi connectivity index (χ0n) is 7.82. The lowest BCUT2D eigenvalue weighted by atomic mass is 10.1. The van der Waals surface area contributed by atoms with E-state index < -0.39 is 0 Å². The maximum Gasteiger partial charge on any atom is 0.182 e. The molecule has 16 heavy (non-hydrogen) atoms. The third kappa shape index (κ3) is 1.32. The van der Waals surface area contributed by atoms with Gasteiger partial charge in [-0.1, -0.05) is 0 Å². The Morgan fingerprint density at radius 3 is 3.06 bits per heavy atom. The minimum Gasteiger partial charge on any atom is -0.345 e. The Morgan fingerprint density at radius 2 is 2.31 bits per heavy atom. The van der Waals surface area contributed by atoms with Gasteiger partial charge in [0.2, 0.25) is 0 Å². The van der Waals surface area contributed by atoms with Crippen LogP contribution in [0.25, 0.3) is 22.6 Å². The number of aromatic amines is 1. The van der Waals surface area contributed by atoms with Gasteiger partial charge < -0.3 is 4.52 Å². The molecule has 3 heterocycles. The van der Waals surface area contributed by atoms with Gasteiger partial charge in [0.1, 0.15) is 11.9 Å². The van der Waals surface area contributed by atoms with Crippen LogP contribution in [0.3, 0.4) is 0 Å². The second-order valence-electron chi connectivity index (χ2n) is 2.89. The van der Waals surface area contributed by atoms with Gasteiger partial charge in [0.05, 0.1) is 5.56 Å². The molecule has 1 N–H and O–H groups in total. The van der Waals surface area contributed by atoms with Crippen molar-refractivity contribution in [2.75, 3.05) is 0 Å². The first-order valence-corrected chi connectivity index (χ1v) is 4.33. The van der Waals surface area contributed by atoms with Gasteiger partial charge in [-0.2, -0.15) is 0 Å². The molecule has 0 amide bonds. The number of nitrogens with one attached hydrogen (secondary N) is 1. The summed E-state index contributed by atoms with van der Waals surface area (Å²) in [5.74, 6) is 0.464. The smallest absolute Gasteiger partial charge is 0.182 e. The van der Waals surface area contributed by atoms with E-state index in [2.05, 4.69) is 46.7 Å². The molecule has 0 saturated carbocycles. The first-order chi connectivity index (χ1) is 7.95. The number of H-pyrrole nitrogens is 1. The van der Waals surface area contributed by atoms with Crippen molar-refractivity contribution >= 4 is 0 Å². The zero-order valence-corrected chi connectivity index (χ0v) is 7.82. The Bertz CT molecular complexity index is 521. The van der Waals surface area contributed by atoms with Gasteiger partial charge >= 0.3 is 0 Å².